The Morgan fingerprint density at radius 2 is 1.59 bits per heavy atom. The van der Waals surface area contributed by atoms with Crippen LogP contribution in [-0.4, -0.2) is 10.5 Å². The molecule has 0 aliphatic heterocycles. The van der Waals surface area contributed by atoms with E-state index in [1.54, 1.807) is 6.07 Å². The number of nitrogens with zero attached hydrogens (tertiary/aromatic N) is 1. The number of halogens is 1. The Morgan fingerprint density at radius 1 is 0.844 bits per heavy atom. The first-order valence-corrected chi connectivity index (χ1v) is 11.0. The molecule has 0 atom stereocenters. The second kappa shape index (κ2) is 7.85. The number of amides is 1. The van der Waals surface area contributed by atoms with Crippen molar-refractivity contribution in [2.45, 2.75) is 20.4 Å². The lowest BCUT2D eigenvalue weighted by atomic mass is 10.0. The number of hydrogen-bond acceptors (Lipinski definition) is 1. The topological polar surface area (TPSA) is 48.0 Å². The Kier molecular flexibility index (Phi) is 4.99. The molecule has 0 bridgehead atoms. The van der Waals surface area contributed by atoms with Gasteiger partial charge in [-0.15, -0.1) is 0 Å². The van der Waals surface area contributed by atoms with Crippen LogP contribution in [0.2, 0.25) is 5.02 Å². The molecule has 4 heteroatoms. The summed E-state index contributed by atoms with van der Waals surface area (Å²) >= 11 is 6.09. The summed E-state index contributed by atoms with van der Waals surface area (Å²) in [7, 11) is 0. The predicted molar refractivity (Wildman–Crippen MR) is 133 cm³/mol. The molecule has 1 amide bonds. The van der Waals surface area contributed by atoms with E-state index in [2.05, 4.69) is 60.9 Å². The number of benzene rings is 4. The van der Waals surface area contributed by atoms with Crippen molar-refractivity contribution < 1.29 is 4.79 Å². The molecule has 158 valence electrons. The lowest BCUT2D eigenvalue weighted by molar-refractivity contribution is 0.100. The van der Waals surface area contributed by atoms with Gasteiger partial charge in [-0.1, -0.05) is 60.1 Å². The Morgan fingerprint density at radius 3 is 2.31 bits per heavy atom. The van der Waals surface area contributed by atoms with Gasteiger partial charge in [-0.25, -0.2) is 0 Å². The van der Waals surface area contributed by atoms with Gasteiger partial charge in [-0.05, 0) is 72.0 Å². The van der Waals surface area contributed by atoms with E-state index in [1.165, 1.54) is 16.7 Å². The fourth-order valence-electron chi connectivity index (χ4n) is 4.43. The van der Waals surface area contributed by atoms with Crippen molar-refractivity contribution in [3.8, 4) is 11.1 Å². The number of carbonyl (C=O) groups excluding carboxylic acids is 1. The Balaban J connectivity index is 1.78. The second-order valence-electron chi connectivity index (χ2n) is 8.31. The van der Waals surface area contributed by atoms with Crippen LogP contribution >= 0.6 is 11.6 Å². The average Bonchev–Trinajstić information content (AvgIpc) is 3.10. The van der Waals surface area contributed by atoms with Crippen LogP contribution in [0.5, 0.6) is 0 Å². The SMILES string of the molecule is Cc1ccc(Cn2c3cc(-c4ccc(Cl)cc4)ccc3c3c(C(N)=O)cccc32)cc1C. The maximum atomic E-state index is 12.2. The quantitative estimate of drug-likeness (QED) is 0.326. The fourth-order valence-corrected chi connectivity index (χ4v) is 4.55. The largest absolute Gasteiger partial charge is 0.366 e. The smallest absolute Gasteiger partial charge is 0.249 e. The fraction of sp³-hybridized carbons (Fsp3) is 0.107. The summed E-state index contributed by atoms with van der Waals surface area (Å²) in [4.78, 5) is 12.2. The summed E-state index contributed by atoms with van der Waals surface area (Å²) in [5.74, 6) is -0.414. The summed E-state index contributed by atoms with van der Waals surface area (Å²) in [6, 6.07) is 26.5. The van der Waals surface area contributed by atoms with Crippen molar-refractivity contribution in [2.75, 3.05) is 0 Å². The molecule has 3 nitrogen and oxygen atoms in total. The van der Waals surface area contributed by atoms with E-state index < -0.39 is 5.91 Å². The van der Waals surface area contributed by atoms with E-state index in [0.717, 1.165) is 32.9 Å². The summed E-state index contributed by atoms with van der Waals surface area (Å²) < 4.78 is 2.28. The van der Waals surface area contributed by atoms with Crippen molar-refractivity contribution >= 4 is 39.3 Å². The highest BCUT2D eigenvalue weighted by Crippen LogP contribution is 2.35. The van der Waals surface area contributed by atoms with E-state index in [1.807, 2.05) is 30.3 Å². The number of rotatable bonds is 4. The summed E-state index contributed by atoms with van der Waals surface area (Å²) in [6.45, 7) is 4.96. The van der Waals surface area contributed by atoms with E-state index >= 15 is 0 Å². The van der Waals surface area contributed by atoms with Gasteiger partial charge in [0.1, 0.15) is 0 Å². The van der Waals surface area contributed by atoms with Crippen molar-refractivity contribution in [1.82, 2.24) is 4.57 Å². The molecule has 5 aromatic rings. The maximum Gasteiger partial charge on any atom is 0.249 e. The number of carbonyl (C=O) groups is 1. The van der Waals surface area contributed by atoms with Crippen LogP contribution < -0.4 is 5.73 Å². The highest BCUT2D eigenvalue weighted by atomic mass is 35.5. The second-order valence-corrected chi connectivity index (χ2v) is 8.74. The molecule has 4 aromatic carbocycles. The zero-order valence-electron chi connectivity index (χ0n) is 18.0. The van der Waals surface area contributed by atoms with Crippen molar-refractivity contribution in [1.29, 1.82) is 0 Å². The lowest BCUT2D eigenvalue weighted by Gasteiger charge is -2.11. The monoisotopic (exact) mass is 438 g/mol. The molecule has 2 N–H and O–H groups in total. The lowest BCUT2D eigenvalue weighted by Crippen LogP contribution is -2.11. The number of nitrogens with two attached hydrogens (primary N) is 1. The molecule has 0 saturated heterocycles. The third-order valence-corrected chi connectivity index (χ3v) is 6.50. The number of fused-ring (bicyclic) bond motifs is 3. The normalized spacial score (nSPS) is 11.3. The van der Waals surface area contributed by atoms with Gasteiger partial charge in [0.15, 0.2) is 0 Å². The van der Waals surface area contributed by atoms with Crippen molar-refractivity contribution in [2.24, 2.45) is 5.73 Å². The number of aryl methyl sites for hydroxylation is 2. The van der Waals surface area contributed by atoms with Crippen LogP contribution in [0.1, 0.15) is 27.0 Å². The minimum Gasteiger partial charge on any atom is -0.366 e. The number of primary amides is 1. The standard InChI is InChI=1S/C28H23ClN2O/c1-17-6-7-19(14-18(17)2)16-31-25-5-3-4-24(28(30)32)27(25)23-13-10-21(15-26(23)31)20-8-11-22(29)12-9-20/h3-15H,16H2,1-2H3,(H2,30,32). The summed E-state index contributed by atoms with van der Waals surface area (Å²) in [5, 5.41) is 2.64. The predicted octanol–water partition coefficient (Wildman–Crippen LogP) is 6.88. The van der Waals surface area contributed by atoms with Gasteiger partial charge in [0, 0.05) is 27.9 Å². The molecule has 1 aromatic heterocycles. The Labute approximate surface area is 192 Å². The van der Waals surface area contributed by atoms with Crippen LogP contribution in [-0.2, 0) is 6.54 Å². The highest BCUT2D eigenvalue weighted by molar-refractivity contribution is 6.30. The molecular formula is C28H23ClN2O. The van der Waals surface area contributed by atoms with Crippen LogP contribution in [0.4, 0.5) is 0 Å². The zero-order chi connectivity index (χ0) is 22.4. The van der Waals surface area contributed by atoms with E-state index in [-0.39, 0.29) is 0 Å². The van der Waals surface area contributed by atoms with Crippen LogP contribution in [0.3, 0.4) is 0 Å². The molecule has 0 saturated carbocycles. The molecule has 0 radical (unpaired) electrons. The number of aromatic nitrogens is 1. The van der Waals surface area contributed by atoms with Gasteiger partial charge in [-0.2, -0.15) is 0 Å². The van der Waals surface area contributed by atoms with Crippen LogP contribution in [0.25, 0.3) is 32.9 Å². The molecule has 32 heavy (non-hydrogen) atoms. The Bertz CT molecular complexity index is 1500. The van der Waals surface area contributed by atoms with Gasteiger partial charge in [-0.3, -0.25) is 4.79 Å². The molecule has 0 fully saturated rings. The summed E-state index contributed by atoms with van der Waals surface area (Å²) in [6.07, 6.45) is 0. The van der Waals surface area contributed by atoms with Crippen LogP contribution in [0.15, 0.2) is 78.9 Å². The van der Waals surface area contributed by atoms with Crippen LogP contribution in [0, 0.1) is 13.8 Å². The summed E-state index contributed by atoms with van der Waals surface area (Å²) in [5.41, 5.74) is 14.3. The van der Waals surface area contributed by atoms with E-state index in [4.69, 9.17) is 17.3 Å². The maximum absolute atomic E-state index is 12.2. The van der Waals surface area contributed by atoms with Crippen molar-refractivity contribution in [3.05, 3.63) is 106 Å². The van der Waals surface area contributed by atoms with Crippen molar-refractivity contribution in [3.63, 3.8) is 0 Å². The van der Waals surface area contributed by atoms with Gasteiger partial charge in [0.05, 0.1) is 11.0 Å². The van der Waals surface area contributed by atoms with E-state index in [0.29, 0.717) is 17.1 Å². The first-order valence-electron chi connectivity index (χ1n) is 10.6. The molecule has 0 aliphatic rings. The molecule has 1 heterocycles. The van der Waals surface area contributed by atoms with Gasteiger partial charge < -0.3 is 10.3 Å². The third kappa shape index (κ3) is 3.45. The first-order chi connectivity index (χ1) is 15.4. The van der Waals surface area contributed by atoms with E-state index in [9.17, 15) is 4.79 Å². The molecule has 5 rings (SSSR count). The molecule has 0 spiro atoms. The Hall–Kier alpha value is -3.56. The zero-order valence-corrected chi connectivity index (χ0v) is 18.8. The third-order valence-electron chi connectivity index (χ3n) is 6.25. The van der Waals surface area contributed by atoms with Gasteiger partial charge in [0.25, 0.3) is 0 Å². The average molecular weight is 439 g/mol. The first kappa shape index (κ1) is 20.3. The minimum absolute atomic E-state index is 0.414. The van der Waals surface area contributed by atoms with Gasteiger partial charge in [0.2, 0.25) is 5.91 Å². The minimum atomic E-state index is -0.414. The molecule has 0 aliphatic carbocycles. The highest BCUT2D eigenvalue weighted by Gasteiger charge is 2.17. The molecule has 0 unspecified atom stereocenters. The number of hydrogen-bond donors (Lipinski definition) is 1. The molecular weight excluding hydrogens is 416 g/mol. The van der Waals surface area contributed by atoms with Gasteiger partial charge >= 0.3 is 0 Å².